The Morgan fingerprint density at radius 2 is 1.56 bits per heavy atom. The zero-order valence-electron chi connectivity index (χ0n) is 25.5. The van der Waals surface area contributed by atoms with Gasteiger partial charge in [0.2, 0.25) is 11.8 Å². The number of hydrogen-bond acceptors (Lipinski definition) is 6. The van der Waals surface area contributed by atoms with E-state index in [0.717, 1.165) is 54.7 Å². The number of carbonyl (C=O) groups excluding carboxylic acids is 2. The molecule has 1 heterocycles. The molecule has 1 saturated heterocycles. The van der Waals surface area contributed by atoms with Crippen molar-refractivity contribution in [3.8, 4) is 0 Å². The summed E-state index contributed by atoms with van der Waals surface area (Å²) < 4.78 is 13.2. The Labute approximate surface area is 255 Å². The zero-order chi connectivity index (χ0) is 30.6. The molecule has 8 nitrogen and oxygen atoms in total. The summed E-state index contributed by atoms with van der Waals surface area (Å²) in [7, 11) is 2.11. The van der Waals surface area contributed by atoms with Gasteiger partial charge in [0.25, 0.3) is 0 Å². The molecule has 3 aromatic rings. The first-order chi connectivity index (χ1) is 20.8. The lowest BCUT2D eigenvalue weighted by molar-refractivity contribution is -0.276. The smallest absolute Gasteiger partial charge is 0.224 e. The van der Waals surface area contributed by atoms with Crippen LogP contribution in [0.2, 0.25) is 0 Å². The van der Waals surface area contributed by atoms with Gasteiger partial charge in [-0.05, 0) is 48.7 Å². The van der Waals surface area contributed by atoms with Crippen LogP contribution in [-0.2, 0) is 32.2 Å². The summed E-state index contributed by atoms with van der Waals surface area (Å²) in [4.78, 5) is 25.7. The number of aliphatic hydroxyl groups excluding tert-OH is 1. The average Bonchev–Trinajstić information content (AvgIpc) is 3.00. The molecule has 2 amide bonds. The monoisotopic (exact) mass is 587 g/mol. The van der Waals surface area contributed by atoms with Crippen LogP contribution < -0.4 is 10.6 Å². The minimum absolute atomic E-state index is 0.00148. The predicted molar refractivity (Wildman–Crippen MR) is 168 cm³/mol. The van der Waals surface area contributed by atoms with Gasteiger partial charge in [-0.25, -0.2) is 0 Å². The van der Waals surface area contributed by atoms with Crippen molar-refractivity contribution in [2.45, 2.75) is 71.2 Å². The van der Waals surface area contributed by atoms with E-state index in [9.17, 15) is 14.7 Å². The van der Waals surface area contributed by atoms with Crippen LogP contribution in [0.3, 0.4) is 0 Å². The SMILES string of the molecule is CC(=O)NCCCCCC(=O)Nc1ccc(C2OC(CN(C)Cc3ccccc3)C(C)C(c3ccc(CO)cc3)O2)cc1. The number of nitrogens with zero attached hydrogens (tertiary/aromatic N) is 1. The summed E-state index contributed by atoms with van der Waals surface area (Å²) >= 11 is 0. The zero-order valence-corrected chi connectivity index (χ0v) is 25.5. The fourth-order valence-corrected chi connectivity index (χ4v) is 5.39. The quantitative estimate of drug-likeness (QED) is 0.208. The molecular weight excluding hydrogens is 542 g/mol. The van der Waals surface area contributed by atoms with Crippen molar-refractivity contribution >= 4 is 17.5 Å². The van der Waals surface area contributed by atoms with Crippen LogP contribution in [0.15, 0.2) is 78.9 Å². The number of benzene rings is 3. The Balaban J connectivity index is 1.40. The largest absolute Gasteiger partial charge is 0.392 e. The van der Waals surface area contributed by atoms with Gasteiger partial charge in [-0.2, -0.15) is 0 Å². The number of anilines is 1. The van der Waals surface area contributed by atoms with E-state index >= 15 is 0 Å². The van der Waals surface area contributed by atoms with Gasteiger partial charge in [-0.1, -0.05) is 80.1 Å². The summed E-state index contributed by atoms with van der Waals surface area (Å²) in [5.41, 5.74) is 4.78. The lowest BCUT2D eigenvalue weighted by Gasteiger charge is -2.42. The second-order valence-electron chi connectivity index (χ2n) is 11.5. The number of rotatable bonds is 14. The van der Waals surface area contributed by atoms with E-state index in [0.29, 0.717) is 13.0 Å². The van der Waals surface area contributed by atoms with Gasteiger partial charge < -0.3 is 25.2 Å². The molecule has 0 aliphatic carbocycles. The Kier molecular flexibility index (Phi) is 12.3. The Morgan fingerprint density at radius 1 is 0.860 bits per heavy atom. The van der Waals surface area contributed by atoms with E-state index in [1.807, 2.05) is 54.6 Å². The van der Waals surface area contributed by atoms with Crippen LogP contribution >= 0.6 is 0 Å². The molecule has 0 radical (unpaired) electrons. The molecule has 1 fully saturated rings. The maximum atomic E-state index is 12.4. The van der Waals surface area contributed by atoms with Crippen LogP contribution in [0.4, 0.5) is 5.69 Å². The van der Waals surface area contributed by atoms with Gasteiger partial charge in [0.15, 0.2) is 6.29 Å². The van der Waals surface area contributed by atoms with Gasteiger partial charge in [-0.15, -0.1) is 0 Å². The maximum Gasteiger partial charge on any atom is 0.224 e. The molecule has 0 bridgehead atoms. The topological polar surface area (TPSA) is 100 Å². The maximum absolute atomic E-state index is 12.4. The van der Waals surface area contributed by atoms with Gasteiger partial charge in [-0.3, -0.25) is 14.5 Å². The summed E-state index contributed by atoms with van der Waals surface area (Å²) in [5.74, 6) is 0.0308. The third-order valence-electron chi connectivity index (χ3n) is 7.83. The van der Waals surface area contributed by atoms with Crippen LogP contribution in [0, 0.1) is 5.92 Å². The first kappa shape index (κ1) is 32.4. The second-order valence-corrected chi connectivity index (χ2v) is 11.5. The van der Waals surface area contributed by atoms with Crippen LogP contribution in [0.5, 0.6) is 0 Å². The van der Waals surface area contributed by atoms with E-state index in [2.05, 4.69) is 53.8 Å². The Hall–Kier alpha value is -3.56. The van der Waals surface area contributed by atoms with Crippen LogP contribution in [-0.4, -0.2) is 48.1 Å². The first-order valence-electron chi connectivity index (χ1n) is 15.2. The van der Waals surface area contributed by atoms with Crippen LogP contribution in [0.1, 0.15) is 74.2 Å². The number of unbranched alkanes of at least 4 members (excludes halogenated alkanes) is 2. The molecule has 1 aliphatic rings. The third kappa shape index (κ3) is 10.0. The van der Waals surface area contributed by atoms with Crippen molar-refractivity contribution in [1.82, 2.24) is 10.2 Å². The number of nitrogens with one attached hydrogen (secondary N) is 2. The number of likely N-dealkylation sites (N-methyl/N-ethyl adjacent to an activating group) is 1. The fraction of sp³-hybridized carbons (Fsp3) is 0.429. The van der Waals surface area contributed by atoms with Crippen molar-refractivity contribution in [1.29, 1.82) is 0 Å². The molecule has 230 valence electrons. The highest BCUT2D eigenvalue weighted by atomic mass is 16.7. The highest BCUT2D eigenvalue weighted by Crippen LogP contribution is 2.42. The minimum Gasteiger partial charge on any atom is -0.392 e. The number of amides is 2. The minimum atomic E-state index is -0.567. The van der Waals surface area contributed by atoms with E-state index in [4.69, 9.17) is 9.47 Å². The summed E-state index contributed by atoms with van der Waals surface area (Å²) in [5, 5.41) is 15.3. The van der Waals surface area contributed by atoms with E-state index in [1.165, 1.54) is 12.5 Å². The lowest BCUT2D eigenvalue weighted by atomic mass is 9.90. The van der Waals surface area contributed by atoms with Crippen molar-refractivity contribution in [2.75, 3.05) is 25.5 Å². The third-order valence-corrected chi connectivity index (χ3v) is 7.83. The Morgan fingerprint density at radius 3 is 2.23 bits per heavy atom. The van der Waals surface area contributed by atoms with Gasteiger partial charge in [0.05, 0.1) is 18.8 Å². The van der Waals surface area contributed by atoms with Crippen molar-refractivity contribution in [2.24, 2.45) is 5.92 Å². The summed E-state index contributed by atoms with van der Waals surface area (Å²) in [6.45, 7) is 5.87. The number of ether oxygens (including phenoxy) is 2. The molecule has 0 aromatic heterocycles. The number of aliphatic hydroxyl groups is 1. The van der Waals surface area contributed by atoms with Crippen molar-refractivity contribution < 1.29 is 24.2 Å². The van der Waals surface area contributed by atoms with Gasteiger partial charge in [0.1, 0.15) is 0 Å². The molecule has 0 saturated carbocycles. The van der Waals surface area contributed by atoms with Crippen LogP contribution in [0.25, 0.3) is 0 Å². The lowest BCUT2D eigenvalue weighted by Crippen LogP contribution is -2.43. The van der Waals surface area contributed by atoms with Gasteiger partial charge in [0, 0.05) is 50.1 Å². The molecule has 1 aliphatic heterocycles. The molecule has 4 rings (SSSR count). The molecule has 8 heteroatoms. The average molecular weight is 588 g/mol. The first-order valence-corrected chi connectivity index (χ1v) is 15.2. The number of hydrogen-bond donors (Lipinski definition) is 3. The van der Waals surface area contributed by atoms with Gasteiger partial charge >= 0.3 is 0 Å². The summed E-state index contributed by atoms with van der Waals surface area (Å²) in [6.07, 6.45) is 2.11. The highest BCUT2D eigenvalue weighted by molar-refractivity contribution is 5.90. The summed E-state index contributed by atoms with van der Waals surface area (Å²) in [6, 6.07) is 26.0. The molecule has 3 N–H and O–H groups in total. The molecule has 43 heavy (non-hydrogen) atoms. The molecule has 0 spiro atoms. The standard InChI is InChI=1S/C35H45N3O5/c1-25-32(23-38(3)22-27-10-6-4-7-11-27)42-35(43-34(25)29-15-13-28(24-39)14-16-29)30-17-19-31(20-18-30)37-33(41)12-8-5-9-21-36-26(2)40/h4,6-7,10-11,13-20,25,32,34-35,39H,5,8-9,12,21-24H2,1-3H3,(H,36,40)(H,37,41). The van der Waals surface area contributed by atoms with E-state index < -0.39 is 6.29 Å². The predicted octanol–water partition coefficient (Wildman–Crippen LogP) is 5.74. The number of carbonyl (C=O) groups is 2. The Bertz CT molecular complexity index is 1280. The highest BCUT2D eigenvalue weighted by Gasteiger charge is 2.38. The fourth-order valence-electron chi connectivity index (χ4n) is 5.39. The molecule has 4 atom stereocenters. The normalized spacial score (nSPS) is 20.1. The molecule has 4 unspecified atom stereocenters. The molecule has 3 aromatic carbocycles. The van der Waals surface area contributed by atoms with Crippen molar-refractivity contribution in [3.05, 3.63) is 101 Å². The van der Waals surface area contributed by atoms with E-state index in [-0.39, 0.29) is 36.5 Å². The van der Waals surface area contributed by atoms with Crippen molar-refractivity contribution in [3.63, 3.8) is 0 Å². The van der Waals surface area contributed by atoms with E-state index in [1.54, 1.807) is 0 Å². The molecular formula is C35H45N3O5. The second kappa shape index (κ2) is 16.3.